The van der Waals surface area contributed by atoms with Gasteiger partial charge in [-0.2, -0.15) is 0 Å². The molecule has 0 amide bonds. The predicted octanol–water partition coefficient (Wildman–Crippen LogP) is 3.97. The van der Waals surface area contributed by atoms with Crippen molar-refractivity contribution in [1.82, 2.24) is 4.57 Å². The van der Waals surface area contributed by atoms with Crippen LogP contribution in [0.3, 0.4) is 0 Å². The molecule has 1 N–H and O–H groups in total. The molecule has 0 atom stereocenters. The number of hydrogen-bond donors (Lipinski definition) is 1. The summed E-state index contributed by atoms with van der Waals surface area (Å²) < 4.78 is 1.40. The number of nitrogens with zero attached hydrogens (tertiary/aromatic N) is 2. The van der Waals surface area contributed by atoms with Gasteiger partial charge in [0, 0.05) is 17.6 Å². The van der Waals surface area contributed by atoms with Crippen molar-refractivity contribution in [2.75, 3.05) is 11.9 Å². The molecule has 0 bridgehead atoms. The number of rotatable bonds is 5. The zero-order valence-electron chi connectivity index (χ0n) is 14.1. The van der Waals surface area contributed by atoms with E-state index < -0.39 is 16.2 Å². The van der Waals surface area contributed by atoms with Crippen molar-refractivity contribution < 1.29 is 4.92 Å². The number of anilines is 1. The molecule has 1 aromatic heterocycles. The maximum Gasteiger partial charge on any atom is 0.357 e. The zero-order valence-corrected chi connectivity index (χ0v) is 14.1. The number of para-hydroxylation sites is 2. The molecule has 0 saturated heterocycles. The van der Waals surface area contributed by atoms with E-state index in [4.69, 9.17) is 0 Å². The fourth-order valence-electron chi connectivity index (χ4n) is 2.82. The van der Waals surface area contributed by atoms with Crippen LogP contribution in [0.4, 0.5) is 11.4 Å². The molecule has 0 fully saturated rings. The fraction of sp³-hybridized carbons (Fsp3) is 0.211. The lowest BCUT2D eigenvalue weighted by Crippen LogP contribution is -2.24. The molecular formula is C19H19N3O3. The van der Waals surface area contributed by atoms with Gasteiger partial charge in [-0.25, -0.2) is 0 Å². The van der Waals surface area contributed by atoms with Gasteiger partial charge in [0.25, 0.3) is 0 Å². The van der Waals surface area contributed by atoms with Gasteiger partial charge in [0.2, 0.25) is 0 Å². The summed E-state index contributed by atoms with van der Waals surface area (Å²) in [6.45, 7) is 4.55. The van der Waals surface area contributed by atoms with E-state index in [2.05, 4.69) is 5.32 Å². The minimum absolute atomic E-state index is 0.284. The minimum atomic E-state index is -0.638. The molecule has 0 saturated carbocycles. The molecule has 0 aliphatic rings. The summed E-state index contributed by atoms with van der Waals surface area (Å²) in [6, 6.07) is 16.2. The Kier molecular flexibility index (Phi) is 4.52. The highest BCUT2D eigenvalue weighted by molar-refractivity contribution is 5.97. The van der Waals surface area contributed by atoms with Gasteiger partial charge in [0.15, 0.2) is 0 Å². The van der Waals surface area contributed by atoms with Crippen molar-refractivity contribution in [3.8, 4) is 5.69 Å². The fourth-order valence-corrected chi connectivity index (χ4v) is 2.82. The van der Waals surface area contributed by atoms with Crippen molar-refractivity contribution in [2.24, 2.45) is 5.92 Å². The van der Waals surface area contributed by atoms with Gasteiger partial charge in [-0.1, -0.05) is 50.2 Å². The molecule has 3 aromatic rings. The van der Waals surface area contributed by atoms with Crippen LogP contribution in [0.25, 0.3) is 16.6 Å². The summed E-state index contributed by atoms with van der Waals surface area (Å²) in [7, 11) is 0. The van der Waals surface area contributed by atoms with E-state index in [-0.39, 0.29) is 11.6 Å². The molecule has 1 heterocycles. The van der Waals surface area contributed by atoms with Crippen molar-refractivity contribution in [3.63, 3.8) is 0 Å². The van der Waals surface area contributed by atoms with Crippen LogP contribution in [-0.2, 0) is 0 Å². The average Bonchev–Trinajstić information content (AvgIpc) is 2.59. The predicted molar refractivity (Wildman–Crippen MR) is 99.5 cm³/mol. The number of hydrogen-bond acceptors (Lipinski definition) is 4. The number of benzene rings is 2. The Balaban J connectivity index is 2.40. The normalized spacial score (nSPS) is 11.0. The molecule has 6 nitrogen and oxygen atoms in total. The van der Waals surface area contributed by atoms with Crippen LogP contribution in [0.2, 0.25) is 0 Å². The Labute approximate surface area is 144 Å². The SMILES string of the molecule is CC(C)CNc1c([N+](=O)[O-])c(=O)n(-c2ccccc2)c2ccccc12. The van der Waals surface area contributed by atoms with Gasteiger partial charge in [-0.15, -0.1) is 0 Å². The molecule has 0 radical (unpaired) electrons. The number of nitrogens with one attached hydrogen (secondary N) is 1. The van der Waals surface area contributed by atoms with Crippen LogP contribution < -0.4 is 10.9 Å². The third-order valence-electron chi connectivity index (χ3n) is 3.94. The van der Waals surface area contributed by atoms with Crippen molar-refractivity contribution >= 4 is 22.3 Å². The molecule has 2 aromatic carbocycles. The second-order valence-electron chi connectivity index (χ2n) is 6.25. The van der Waals surface area contributed by atoms with Gasteiger partial charge in [-0.05, 0) is 24.1 Å². The van der Waals surface area contributed by atoms with Crippen LogP contribution in [0.5, 0.6) is 0 Å². The standard InChI is InChI=1S/C19H19N3O3/c1-13(2)12-20-17-15-10-6-7-11-16(15)21(14-8-4-3-5-9-14)19(23)18(17)22(24)25/h3-11,13,20H,12H2,1-2H3. The summed E-state index contributed by atoms with van der Waals surface area (Å²) in [5, 5.41) is 15.4. The van der Waals surface area contributed by atoms with E-state index in [1.54, 1.807) is 36.4 Å². The van der Waals surface area contributed by atoms with Gasteiger partial charge >= 0.3 is 11.2 Å². The number of fused-ring (bicyclic) bond motifs is 1. The van der Waals surface area contributed by atoms with E-state index in [1.165, 1.54) is 4.57 Å². The van der Waals surface area contributed by atoms with Gasteiger partial charge in [0.05, 0.1) is 10.4 Å². The summed E-state index contributed by atoms with van der Waals surface area (Å²) >= 11 is 0. The van der Waals surface area contributed by atoms with Crippen LogP contribution in [-0.4, -0.2) is 16.0 Å². The third kappa shape index (κ3) is 3.10. The molecular weight excluding hydrogens is 318 g/mol. The highest BCUT2D eigenvalue weighted by atomic mass is 16.6. The first-order chi connectivity index (χ1) is 12.0. The van der Waals surface area contributed by atoms with Gasteiger partial charge in [-0.3, -0.25) is 19.5 Å². The summed E-state index contributed by atoms with van der Waals surface area (Å²) in [5.41, 5.74) is 0.452. The zero-order chi connectivity index (χ0) is 18.0. The highest BCUT2D eigenvalue weighted by Gasteiger charge is 2.26. The second kappa shape index (κ2) is 6.76. The molecule has 128 valence electrons. The largest absolute Gasteiger partial charge is 0.378 e. The first-order valence-corrected chi connectivity index (χ1v) is 8.12. The van der Waals surface area contributed by atoms with Crippen LogP contribution in [0.15, 0.2) is 59.4 Å². The molecule has 3 rings (SSSR count). The molecule has 0 spiro atoms. The second-order valence-corrected chi connectivity index (χ2v) is 6.25. The van der Waals surface area contributed by atoms with E-state index in [1.807, 2.05) is 32.0 Å². The Bertz CT molecular complexity index is 978. The van der Waals surface area contributed by atoms with Crippen molar-refractivity contribution in [3.05, 3.63) is 75.1 Å². The molecule has 0 unspecified atom stereocenters. The monoisotopic (exact) mass is 337 g/mol. The maximum atomic E-state index is 13.0. The lowest BCUT2D eigenvalue weighted by atomic mass is 10.1. The van der Waals surface area contributed by atoms with E-state index in [0.29, 0.717) is 23.1 Å². The summed E-state index contributed by atoms with van der Waals surface area (Å²) in [4.78, 5) is 24.0. The van der Waals surface area contributed by atoms with E-state index in [9.17, 15) is 14.9 Å². The smallest absolute Gasteiger partial charge is 0.357 e. The number of nitro groups is 1. The lowest BCUT2D eigenvalue weighted by Gasteiger charge is -2.16. The Morgan fingerprint density at radius 3 is 2.36 bits per heavy atom. The Hall–Kier alpha value is -3.15. The summed E-state index contributed by atoms with van der Waals surface area (Å²) in [5.74, 6) is 0.287. The Morgan fingerprint density at radius 2 is 1.72 bits per heavy atom. The molecule has 25 heavy (non-hydrogen) atoms. The summed E-state index contributed by atoms with van der Waals surface area (Å²) in [6.07, 6.45) is 0. The topological polar surface area (TPSA) is 77.2 Å². The maximum absolute atomic E-state index is 13.0. The molecule has 0 aliphatic carbocycles. The first-order valence-electron chi connectivity index (χ1n) is 8.12. The quantitative estimate of drug-likeness (QED) is 0.564. The molecule has 0 aliphatic heterocycles. The van der Waals surface area contributed by atoms with Crippen molar-refractivity contribution in [2.45, 2.75) is 13.8 Å². The number of pyridine rings is 1. The van der Waals surface area contributed by atoms with Gasteiger partial charge in [0.1, 0.15) is 5.69 Å². The van der Waals surface area contributed by atoms with Crippen LogP contribution in [0.1, 0.15) is 13.8 Å². The first kappa shape index (κ1) is 16.7. The number of aromatic nitrogens is 1. The van der Waals surface area contributed by atoms with E-state index >= 15 is 0 Å². The molecule has 6 heteroatoms. The van der Waals surface area contributed by atoms with Crippen LogP contribution >= 0.6 is 0 Å². The minimum Gasteiger partial charge on any atom is -0.378 e. The third-order valence-corrected chi connectivity index (χ3v) is 3.94. The van der Waals surface area contributed by atoms with Crippen molar-refractivity contribution in [1.29, 1.82) is 0 Å². The van der Waals surface area contributed by atoms with Crippen LogP contribution in [0, 0.1) is 16.0 Å². The Morgan fingerprint density at radius 1 is 1.08 bits per heavy atom. The average molecular weight is 337 g/mol. The van der Waals surface area contributed by atoms with E-state index in [0.717, 1.165) is 0 Å². The highest BCUT2D eigenvalue weighted by Crippen LogP contribution is 2.31. The lowest BCUT2D eigenvalue weighted by molar-refractivity contribution is -0.385. The van der Waals surface area contributed by atoms with Gasteiger partial charge < -0.3 is 5.32 Å².